The molecule has 0 fully saturated rings. The van der Waals surface area contributed by atoms with Gasteiger partial charge in [0.25, 0.3) is 0 Å². The molecule has 19 heavy (non-hydrogen) atoms. The van der Waals surface area contributed by atoms with Crippen molar-refractivity contribution in [1.29, 1.82) is 0 Å². The average Bonchev–Trinajstić information content (AvgIpc) is 2.29. The Kier molecular flexibility index (Phi) is 6.95. The van der Waals surface area contributed by atoms with Crippen LogP contribution in [0.15, 0.2) is 29.2 Å². The maximum absolute atomic E-state index is 3.48. The van der Waals surface area contributed by atoms with E-state index in [2.05, 4.69) is 64.2 Å². The highest BCUT2D eigenvalue weighted by molar-refractivity contribution is 7.99. The summed E-state index contributed by atoms with van der Waals surface area (Å²) < 4.78 is 0. The minimum absolute atomic E-state index is 0.438. The Morgan fingerprint density at radius 3 is 2.26 bits per heavy atom. The van der Waals surface area contributed by atoms with E-state index in [1.165, 1.54) is 22.6 Å². The SMILES string of the molecule is CC(C)CNCc1ccc(SCCC(C)(C)C)cc1. The first kappa shape index (κ1) is 16.6. The lowest BCUT2D eigenvalue weighted by atomic mass is 9.94. The highest BCUT2D eigenvalue weighted by Crippen LogP contribution is 2.25. The van der Waals surface area contributed by atoms with E-state index in [0.717, 1.165) is 13.1 Å². The molecule has 2 heteroatoms. The molecule has 0 saturated carbocycles. The normalized spacial score (nSPS) is 12.1. The van der Waals surface area contributed by atoms with Crippen molar-refractivity contribution in [1.82, 2.24) is 5.32 Å². The van der Waals surface area contributed by atoms with E-state index in [-0.39, 0.29) is 0 Å². The Morgan fingerprint density at radius 2 is 1.74 bits per heavy atom. The molecule has 0 aromatic heterocycles. The van der Waals surface area contributed by atoms with Gasteiger partial charge in [-0.2, -0.15) is 0 Å². The lowest BCUT2D eigenvalue weighted by Crippen LogP contribution is -2.18. The van der Waals surface area contributed by atoms with Crippen LogP contribution in [0.1, 0.15) is 46.6 Å². The van der Waals surface area contributed by atoms with E-state index in [0.29, 0.717) is 11.3 Å². The molecule has 1 aromatic carbocycles. The molecule has 0 atom stereocenters. The maximum Gasteiger partial charge on any atom is 0.0205 e. The van der Waals surface area contributed by atoms with Crippen molar-refractivity contribution in [3.8, 4) is 0 Å². The summed E-state index contributed by atoms with van der Waals surface area (Å²) in [5, 5.41) is 3.48. The standard InChI is InChI=1S/C17H29NS/c1-14(2)12-18-13-15-6-8-16(9-7-15)19-11-10-17(3,4)5/h6-9,14,18H,10-13H2,1-5H3. The summed E-state index contributed by atoms with van der Waals surface area (Å²) in [4.78, 5) is 1.39. The molecule has 0 aliphatic carbocycles. The zero-order chi connectivity index (χ0) is 14.3. The first-order valence-electron chi connectivity index (χ1n) is 7.29. The van der Waals surface area contributed by atoms with Gasteiger partial charge in [0.15, 0.2) is 0 Å². The highest BCUT2D eigenvalue weighted by Gasteiger charge is 2.09. The minimum atomic E-state index is 0.438. The molecule has 108 valence electrons. The molecule has 0 heterocycles. The molecule has 0 saturated heterocycles. The number of hydrogen-bond donors (Lipinski definition) is 1. The van der Waals surface area contributed by atoms with Gasteiger partial charge in [0.2, 0.25) is 0 Å². The first-order chi connectivity index (χ1) is 8.87. The second kappa shape index (κ2) is 7.96. The summed E-state index contributed by atoms with van der Waals surface area (Å²) in [7, 11) is 0. The van der Waals surface area contributed by atoms with Crippen LogP contribution in [0.5, 0.6) is 0 Å². The predicted octanol–water partition coefficient (Wildman–Crippen LogP) is 4.96. The predicted molar refractivity (Wildman–Crippen MR) is 87.8 cm³/mol. The highest BCUT2D eigenvalue weighted by atomic mass is 32.2. The summed E-state index contributed by atoms with van der Waals surface area (Å²) in [6.45, 7) is 13.4. The lowest BCUT2D eigenvalue weighted by Gasteiger charge is -2.17. The van der Waals surface area contributed by atoms with E-state index < -0.39 is 0 Å². The van der Waals surface area contributed by atoms with Gasteiger partial charge in [-0.05, 0) is 47.7 Å². The Balaban J connectivity index is 2.31. The molecule has 1 nitrogen and oxygen atoms in total. The van der Waals surface area contributed by atoms with Crippen LogP contribution < -0.4 is 5.32 Å². The number of nitrogens with one attached hydrogen (secondary N) is 1. The van der Waals surface area contributed by atoms with Crippen molar-refractivity contribution in [3.63, 3.8) is 0 Å². The van der Waals surface area contributed by atoms with Crippen LogP contribution in [0.2, 0.25) is 0 Å². The van der Waals surface area contributed by atoms with Crippen molar-refractivity contribution >= 4 is 11.8 Å². The zero-order valence-corrected chi connectivity index (χ0v) is 13.9. The van der Waals surface area contributed by atoms with Gasteiger partial charge in [-0.1, -0.05) is 46.8 Å². The fraction of sp³-hybridized carbons (Fsp3) is 0.647. The van der Waals surface area contributed by atoms with Crippen molar-refractivity contribution in [2.45, 2.75) is 52.5 Å². The van der Waals surface area contributed by atoms with E-state index in [1.807, 2.05) is 11.8 Å². The molecule has 1 N–H and O–H groups in total. The Hall–Kier alpha value is -0.470. The third-order valence-electron chi connectivity index (χ3n) is 2.93. The summed E-state index contributed by atoms with van der Waals surface area (Å²) in [5.41, 5.74) is 1.81. The van der Waals surface area contributed by atoms with Gasteiger partial charge in [-0.15, -0.1) is 11.8 Å². The van der Waals surface area contributed by atoms with Crippen LogP contribution >= 0.6 is 11.8 Å². The van der Waals surface area contributed by atoms with Crippen LogP contribution in [-0.4, -0.2) is 12.3 Å². The largest absolute Gasteiger partial charge is 0.312 e. The number of thioether (sulfide) groups is 1. The summed E-state index contributed by atoms with van der Waals surface area (Å²) in [5.74, 6) is 1.92. The van der Waals surface area contributed by atoms with Gasteiger partial charge in [-0.3, -0.25) is 0 Å². The zero-order valence-electron chi connectivity index (χ0n) is 13.1. The van der Waals surface area contributed by atoms with Gasteiger partial charge < -0.3 is 5.32 Å². The van der Waals surface area contributed by atoms with Gasteiger partial charge in [0.05, 0.1) is 0 Å². The van der Waals surface area contributed by atoms with E-state index >= 15 is 0 Å². The third kappa shape index (κ3) is 8.33. The topological polar surface area (TPSA) is 12.0 Å². The molecule has 0 aliphatic heterocycles. The van der Waals surface area contributed by atoms with Gasteiger partial charge in [-0.25, -0.2) is 0 Å². The molecule has 0 bridgehead atoms. The second-order valence-corrected chi connectivity index (χ2v) is 8.00. The Bertz CT molecular complexity index is 349. The van der Waals surface area contributed by atoms with Gasteiger partial charge in [0, 0.05) is 11.4 Å². The van der Waals surface area contributed by atoms with Crippen molar-refractivity contribution in [2.24, 2.45) is 11.3 Å². The van der Waals surface area contributed by atoms with Crippen molar-refractivity contribution < 1.29 is 0 Å². The molecule has 0 aliphatic rings. The van der Waals surface area contributed by atoms with Crippen molar-refractivity contribution in [3.05, 3.63) is 29.8 Å². The van der Waals surface area contributed by atoms with E-state index in [4.69, 9.17) is 0 Å². The maximum atomic E-state index is 3.48. The van der Waals surface area contributed by atoms with E-state index in [1.54, 1.807) is 0 Å². The fourth-order valence-corrected chi connectivity index (χ4v) is 2.96. The molecule has 1 aromatic rings. The number of benzene rings is 1. The van der Waals surface area contributed by atoms with Crippen LogP contribution in [0.4, 0.5) is 0 Å². The fourth-order valence-electron chi connectivity index (χ4n) is 1.68. The molecule has 0 spiro atoms. The molecule has 0 amide bonds. The second-order valence-electron chi connectivity index (χ2n) is 6.83. The van der Waals surface area contributed by atoms with Crippen LogP contribution in [-0.2, 0) is 6.54 Å². The average molecular weight is 279 g/mol. The van der Waals surface area contributed by atoms with E-state index in [9.17, 15) is 0 Å². The summed E-state index contributed by atoms with van der Waals surface area (Å²) in [6, 6.07) is 8.99. The quantitative estimate of drug-likeness (QED) is 0.708. The van der Waals surface area contributed by atoms with Gasteiger partial charge in [0.1, 0.15) is 0 Å². The monoisotopic (exact) mass is 279 g/mol. The first-order valence-corrected chi connectivity index (χ1v) is 8.28. The lowest BCUT2D eigenvalue weighted by molar-refractivity contribution is 0.401. The number of hydrogen-bond acceptors (Lipinski definition) is 2. The van der Waals surface area contributed by atoms with Crippen LogP contribution in [0.3, 0.4) is 0 Å². The number of rotatable bonds is 7. The summed E-state index contributed by atoms with van der Waals surface area (Å²) >= 11 is 1.96. The minimum Gasteiger partial charge on any atom is -0.312 e. The molecule has 1 rings (SSSR count). The van der Waals surface area contributed by atoms with Crippen molar-refractivity contribution in [2.75, 3.05) is 12.3 Å². The smallest absolute Gasteiger partial charge is 0.0205 e. The Labute approximate surface area is 123 Å². The summed E-state index contributed by atoms with van der Waals surface area (Å²) in [6.07, 6.45) is 1.26. The van der Waals surface area contributed by atoms with Crippen LogP contribution in [0, 0.1) is 11.3 Å². The Morgan fingerprint density at radius 1 is 1.11 bits per heavy atom. The molecule has 0 radical (unpaired) electrons. The molecular formula is C17H29NS. The molecule has 0 unspecified atom stereocenters. The third-order valence-corrected chi connectivity index (χ3v) is 3.94. The van der Waals surface area contributed by atoms with Crippen LogP contribution in [0.25, 0.3) is 0 Å². The van der Waals surface area contributed by atoms with Gasteiger partial charge >= 0.3 is 0 Å². The molecular weight excluding hydrogens is 250 g/mol.